The standard InChI is InChI=1S/C30H27Br2N/c1-30(2,3)24-10-6-22(7-11-24)4-5-23-8-16-27(17-9-23)33(28-18-12-25(31)13-19-28)29-20-14-26(32)15-21-29/h4-21H,1-3H3/b5-4+. The second kappa shape index (κ2) is 10.1. The first kappa shape index (κ1) is 23.5. The van der Waals surface area contributed by atoms with Crippen LogP contribution in [0.25, 0.3) is 12.2 Å². The lowest BCUT2D eigenvalue weighted by atomic mass is 9.87. The Labute approximate surface area is 214 Å². The first-order valence-corrected chi connectivity index (χ1v) is 12.6. The van der Waals surface area contributed by atoms with Crippen LogP contribution in [0.2, 0.25) is 0 Å². The van der Waals surface area contributed by atoms with E-state index in [0.717, 1.165) is 26.0 Å². The first-order chi connectivity index (χ1) is 15.8. The summed E-state index contributed by atoms with van der Waals surface area (Å²) in [5, 5.41) is 0. The average molecular weight is 561 g/mol. The highest BCUT2D eigenvalue weighted by molar-refractivity contribution is 9.10. The van der Waals surface area contributed by atoms with Gasteiger partial charge in [-0.25, -0.2) is 0 Å². The van der Waals surface area contributed by atoms with Crippen molar-refractivity contribution in [3.05, 3.63) is 123 Å². The molecule has 0 bridgehead atoms. The normalized spacial score (nSPS) is 11.7. The van der Waals surface area contributed by atoms with Gasteiger partial charge in [-0.1, -0.05) is 101 Å². The Morgan fingerprint density at radius 1 is 0.515 bits per heavy atom. The molecule has 0 saturated carbocycles. The minimum absolute atomic E-state index is 0.174. The van der Waals surface area contributed by atoms with Gasteiger partial charge >= 0.3 is 0 Å². The summed E-state index contributed by atoms with van der Waals surface area (Å²) in [6, 6.07) is 34.3. The lowest BCUT2D eigenvalue weighted by Crippen LogP contribution is -2.10. The molecule has 0 saturated heterocycles. The molecule has 0 aromatic heterocycles. The van der Waals surface area contributed by atoms with Gasteiger partial charge in [0.1, 0.15) is 0 Å². The molecule has 33 heavy (non-hydrogen) atoms. The summed E-state index contributed by atoms with van der Waals surface area (Å²) in [5.41, 5.74) is 7.25. The van der Waals surface area contributed by atoms with E-state index in [9.17, 15) is 0 Å². The fraction of sp³-hybridized carbons (Fsp3) is 0.133. The van der Waals surface area contributed by atoms with E-state index >= 15 is 0 Å². The van der Waals surface area contributed by atoms with E-state index in [2.05, 4.69) is 167 Å². The molecule has 0 fully saturated rings. The molecule has 0 aliphatic heterocycles. The van der Waals surface area contributed by atoms with Crippen LogP contribution in [-0.2, 0) is 5.41 Å². The van der Waals surface area contributed by atoms with Gasteiger partial charge < -0.3 is 4.90 Å². The minimum Gasteiger partial charge on any atom is -0.311 e. The summed E-state index contributed by atoms with van der Waals surface area (Å²) in [4.78, 5) is 2.26. The van der Waals surface area contributed by atoms with E-state index < -0.39 is 0 Å². The van der Waals surface area contributed by atoms with Crippen molar-refractivity contribution >= 4 is 61.1 Å². The SMILES string of the molecule is CC(C)(C)c1ccc(/C=C/c2ccc(N(c3ccc(Br)cc3)c3ccc(Br)cc3)cc2)cc1. The fourth-order valence-corrected chi connectivity index (χ4v) is 4.18. The maximum atomic E-state index is 3.54. The minimum atomic E-state index is 0.174. The van der Waals surface area contributed by atoms with Crippen molar-refractivity contribution in [3.8, 4) is 0 Å². The number of hydrogen-bond acceptors (Lipinski definition) is 1. The Hall–Kier alpha value is -2.62. The molecule has 4 aromatic carbocycles. The largest absolute Gasteiger partial charge is 0.311 e. The summed E-state index contributed by atoms with van der Waals surface area (Å²) in [7, 11) is 0. The van der Waals surface area contributed by atoms with Gasteiger partial charge in [0.05, 0.1) is 0 Å². The molecule has 0 amide bonds. The van der Waals surface area contributed by atoms with Crippen LogP contribution in [0, 0.1) is 0 Å². The summed E-state index contributed by atoms with van der Waals surface area (Å²) in [6.45, 7) is 6.72. The maximum absolute atomic E-state index is 3.54. The highest BCUT2D eigenvalue weighted by Crippen LogP contribution is 2.35. The van der Waals surface area contributed by atoms with Crippen LogP contribution in [0.5, 0.6) is 0 Å². The molecular formula is C30H27Br2N. The molecule has 0 aliphatic rings. The summed E-state index contributed by atoms with van der Waals surface area (Å²) in [5.74, 6) is 0. The third-order valence-electron chi connectivity index (χ3n) is 5.57. The van der Waals surface area contributed by atoms with Crippen molar-refractivity contribution in [3.63, 3.8) is 0 Å². The molecule has 3 heteroatoms. The van der Waals surface area contributed by atoms with Crippen molar-refractivity contribution in [2.75, 3.05) is 4.90 Å². The summed E-state index contributed by atoms with van der Waals surface area (Å²) >= 11 is 7.09. The zero-order chi connectivity index (χ0) is 23.4. The Bertz CT molecular complexity index is 1170. The van der Waals surface area contributed by atoms with Gasteiger partial charge in [-0.15, -0.1) is 0 Å². The quantitative estimate of drug-likeness (QED) is 0.219. The third-order valence-corrected chi connectivity index (χ3v) is 6.62. The van der Waals surface area contributed by atoms with Gasteiger partial charge in [0.25, 0.3) is 0 Å². The summed E-state index contributed by atoms with van der Waals surface area (Å²) < 4.78 is 2.14. The fourth-order valence-electron chi connectivity index (χ4n) is 3.65. The van der Waals surface area contributed by atoms with Crippen LogP contribution >= 0.6 is 31.9 Å². The number of benzene rings is 4. The van der Waals surface area contributed by atoms with Crippen molar-refractivity contribution < 1.29 is 0 Å². The van der Waals surface area contributed by atoms with Crippen LogP contribution in [0.3, 0.4) is 0 Å². The van der Waals surface area contributed by atoms with Gasteiger partial charge in [0, 0.05) is 26.0 Å². The summed E-state index contributed by atoms with van der Waals surface area (Å²) in [6.07, 6.45) is 4.34. The highest BCUT2D eigenvalue weighted by Gasteiger charge is 2.13. The first-order valence-electron chi connectivity index (χ1n) is 11.0. The van der Waals surface area contributed by atoms with E-state index in [-0.39, 0.29) is 5.41 Å². The predicted octanol–water partition coefficient (Wildman–Crippen LogP) is 10.1. The van der Waals surface area contributed by atoms with Crippen molar-refractivity contribution in [2.24, 2.45) is 0 Å². The molecule has 0 N–H and O–H groups in total. The van der Waals surface area contributed by atoms with Crippen molar-refractivity contribution in [1.29, 1.82) is 0 Å². The molecule has 166 valence electrons. The van der Waals surface area contributed by atoms with E-state index in [1.165, 1.54) is 16.7 Å². The van der Waals surface area contributed by atoms with Gasteiger partial charge in [-0.05, 0) is 82.8 Å². The zero-order valence-electron chi connectivity index (χ0n) is 19.1. The Balaban J connectivity index is 1.59. The maximum Gasteiger partial charge on any atom is 0.0462 e. The van der Waals surface area contributed by atoms with Crippen LogP contribution < -0.4 is 4.90 Å². The Morgan fingerprint density at radius 2 is 0.848 bits per heavy atom. The molecule has 0 atom stereocenters. The molecule has 0 heterocycles. The molecular weight excluding hydrogens is 534 g/mol. The van der Waals surface area contributed by atoms with Crippen LogP contribution in [-0.4, -0.2) is 0 Å². The van der Waals surface area contributed by atoms with Gasteiger partial charge in [0.2, 0.25) is 0 Å². The van der Waals surface area contributed by atoms with Crippen LogP contribution in [0.4, 0.5) is 17.1 Å². The lowest BCUT2D eigenvalue weighted by Gasteiger charge is -2.25. The molecule has 4 aromatic rings. The van der Waals surface area contributed by atoms with Gasteiger partial charge in [-0.2, -0.15) is 0 Å². The van der Waals surface area contributed by atoms with Crippen LogP contribution in [0.1, 0.15) is 37.5 Å². The van der Waals surface area contributed by atoms with Crippen LogP contribution in [0.15, 0.2) is 106 Å². The van der Waals surface area contributed by atoms with Gasteiger partial charge in [0.15, 0.2) is 0 Å². The Morgan fingerprint density at radius 3 is 1.21 bits per heavy atom. The topological polar surface area (TPSA) is 3.24 Å². The van der Waals surface area contributed by atoms with E-state index in [1.807, 2.05) is 0 Å². The zero-order valence-corrected chi connectivity index (χ0v) is 22.3. The molecule has 4 rings (SSSR count). The van der Waals surface area contributed by atoms with E-state index in [4.69, 9.17) is 0 Å². The second-order valence-corrected chi connectivity index (χ2v) is 10.9. The van der Waals surface area contributed by atoms with Gasteiger partial charge in [-0.3, -0.25) is 0 Å². The number of nitrogens with zero attached hydrogens (tertiary/aromatic N) is 1. The lowest BCUT2D eigenvalue weighted by molar-refractivity contribution is 0.590. The van der Waals surface area contributed by atoms with E-state index in [1.54, 1.807) is 0 Å². The number of halogens is 2. The molecule has 0 radical (unpaired) electrons. The second-order valence-electron chi connectivity index (χ2n) is 9.09. The number of rotatable bonds is 5. The van der Waals surface area contributed by atoms with Crippen molar-refractivity contribution in [1.82, 2.24) is 0 Å². The van der Waals surface area contributed by atoms with E-state index in [0.29, 0.717) is 0 Å². The number of anilines is 3. The highest BCUT2D eigenvalue weighted by atomic mass is 79.9. The Kier molecular flexibility index (Phi) is 7.21. The molecule has 0 unspecified atom stereocenters. The predicted molar refractivity (Wildman–Crippen MR) is 151 cm³/mol. The molecule has 1 nitrogen and oxygen atoms in total. The third kappa shape index (κ3) is 6.04. The molecule has 0 spiro atoms. The molecule has 0 aliphatic carbocycles. The smallest absolute Gasteiger partial charge is 0.0462 e. The number of hydrogen-bond donors (Lipinski definition) is 0. The van der Waals surface area contributed by atoms with Crippen molar-refractivity contribution in [2.45, 2.75) is 26.2 Å². The average Bonchev–Trinajstić information content (AvgIpc) is 2.81. The monoisotopic (exact) mass is 559 g/mol.